The molecule has 0 fully saturated rings. The van der Waals surface area contributed by atoms with Crippen molar-refractivity contribution in [2.75, 3.05) is 0 Å². The summed E-state index contributed by atoms with van der Waals surface area (Å²) in [6.07, 6.45) is 23.9. The maximum Gasteiger partial charge on any atom is -0.0348 e. The second-order valence-corrected chi connectivity index (χ2v) is 5.26. The van der Waals surface area contributed by atoms with Crippen LogP contribution in [0.1, 0.15) is 90.4 Å². The standard InChI is InChI=1S/C18H33/c1-3-5-7-9-11-13-15-17-18-16-14-12-10-8-6-4-2/h1,3,12,14H,4-11,13,15-18H2,2H3/b3-1?,14-12+. The third-order valence-electron chi connectivity index (χ3n) is 3.38. The van der Waals surface area contributed by atoms with E-state index in [0.717, 1.165) is 6.42 Å². The average Bonchev–Trinajstić information content (AvgIpc) is 2.39. The number of rotatable bonds is 14. The van der Waals surface area contributed by atoms with Crippen LogP contribution in [0.3, 0.4) is 0 Å². The van der Waals surface area contributed by atoms with Crippen LogP contribution < -0.4 is 0 Å². The van der Waals surface area contributed by atoms with Crippen LogP contribution in [0.15, 0.2) is 18.2 Å². The fourth-order valence-electron chi connectivity index (χ4n) is 2.16. The van der Waals surface area contributed by atoms with Crippen molar-refractivity contribution in [1.29, 1.82) is 0 Å². The van der Waals surface area contributed by atoms with Crippen molar-refractivity contribution < 1.29 is 0 Å². The molecule has 0 aliphatic rings. The summed E-state index contributed by atoms with van der Waals surface area (Å²) in [5, 5.41) is 0. The summed E-state index contributed by atoms with van der Waals surface area (Å²) in [4.78, 5) is 0. The number of hydrogen-bond donors (Lipinski definition) is 0. The van der Waals surface area contributed by atoms with Gasteiger partial charge in [-0.25, -0.2) is 0 Å². The Bertz CT molecular complexity index is 178. The molecule has 0 amide bonds. The van der Waals surface area contributed by atoms with Crippen LogP contribution in [0.4, 0.5) is 0 Å². The van der Waals surface area contributed by atoms with Gasteiger partial charge in [0.25, 0.3) is 0 Å². The van der Waals surface area contributed by atoms with Crippen LogP contribution in [0.5, 0.6) is 0 Å². The largest absolute Gasteiger partial charge is 0.0885 e. The van der Waals surface area contributed by atoms with E-state index >= 15 is 0 Å². The van der Waals surface area contributed by atoms with Crippen LogP contribution in [0.25, 0.3) is 0 Å². The van der Waals surface area contributed by atoms with Crippen molar-refractivity contribution in [3.05, 3.63) is 24.8 Å². The first-order chi connectivity index (χ1) is 8.91. The molecule has 105 valence electrons. The van der Waals surface area contributed by atoms with Crippen LogP contribution in [0.2, 0.25) is 0 Å². The number of hydrogen-bond acceptors (Lipinski definition) is 0. The molecule has 0 heteroatoms. The molecule has 0 N–H and O–H groups in total. The molecule has 0 nitrogen and oxygen atoms in total. The summed E-state index contributed by atoms with van der Waals surface area (Å²) in [5.41, 5.74) is 0. The fourth-order valence-corrected chi connectivity index (χ4v) is 2.16. The highest BCUT2D eigenvalue weighted by Gasteiger charge is 1.90. The molecule has 0 bridgehead atoms. The number of allylic oxidation sites excluding steroid dienone is 3. The highest BCUT2D eigenvalue weighted by molar-refractivity contribution is 4.81. The molecule has 0 aliphatic carbocycles. The van der Waals surface area contributed by atoms with Gasteiger partial charge in [0.15, 0.2) is 0 Å². The van der Waals surface area contributed by atoms with Gasteiger partial charge in [-0.15, -0.1) is 0 Å². The van der Waals surface area contributed by atoms with E-state index < -0.39 is 0 Å². The lowest BCUT2D eigenvalue weighted by atomic mass is 10.1. The third-order valence-corrected chi connectivity index (χ3v) is 3.38. The predicted molar refractivity (Wildman–Crippen MR) is 83.7 cm³/mol. The molecule has 0 aromatic rings. The zero-order valence-electron chi connectivity index (χ0n) is 12.5. The fraction of sp³-hybridized carbons (Fsp3) is 0.778. The molecular weight excluding hydrogens is 216 g/mol. The molecule has 18 heavy (non-hydrogen) atoms. The molecule has 0 aromatic carbocycles. The predicted octanol–water partition coefficient (Wildman–Crippen LogP) is 6.62. The zero-order chi connectivity index (χ0) is 13.3. The summed E-state index contributed by atoms with van der Waals surface area (Å²) in [7, 11) is 0. The molecule has 0 saturated carbocycles. The van der Waals surface area contributed by atoms with Crippen molar-refractivity contribution in [3.8, 4) is 0 Å². The summed E-state index contributed by atoms with van der Waals surface area (Å²) in [6, 6.07) is 0. The monoisotopic (exact) mass is 249 g/mol. The van der Waals surface area contributed by atoms with Crippen molar-refractivity contribution in [2.24, 2.45) is 0 Å². The van der Waals surface area contributed by atoms with Crippen LogP contribution in [-0.2, 0) is 0 Å². The Morgan fingerprint density at radius 3 is 1.56 bits per heavy atom. The smallest absolute Gasteiger partial charge is 0.0348 e. The Morgan fingerprint density at radius 2 is 1.06 bits per heavy atom. The van der Waals surface area contributed by atoms with E-state index in [1.807, 2.05) is 0 Å². The maximum absolute atomic E-state index is 5.34. The van der Waals surface area contributed by atoms with Gasteiger partial charge in [-0.3, -0.25) is 0 Å². The van der Waals surface area contributed by atoms with Gasteiger partial charge in [-0.1, -0.05) is 76.7 Å². The molecular formula is C18H33. The Labute approximate surface area is 116 Å². The van der Waals surface area contributed by atoms with E-state index in [4.69, 9.17) is 6.58 Å². The van der Waals surface area contributed by atoms with E-state index in [1.54, 1.807) is 6.08 Å². The molecule has 0 heterocycles. The first kappa shape index (κ1) is 17.5. The van der Waals surface area contributed by atoms with Gasteiger partial charge in [0, 0.05) is 0 Å². The normalized spacial score (nSPS) is 11.2. The van der Waals surface area contributed by atoms with Crippen LogP contribution in [-0.4, -0.2) is 0 Å². The van der Waals surface area contributed by atoms with Gasteiger partial charge in [0.2, 0.25) is 0 Å². The lowest BCUT2D eigenvalue weighted by Crippen LogP contribution is -1.80. The van der Waals surface area contributed by atoms with Crippen LogP contribution >= 0.6 is 0 Å². The van der Waals surface area contributed by atoms with E-state index in [9.17, 15) is 0 Å². The minimum absolute atomic E-state index is 1.09. The second-order valence-electron chi connectivity index (χ2n) is 5.26. The highest BCUT2D eigenvalue weighted by atomic mass is 14.0. The van der Waals surface area contributed by atoms with E-state index in [-0.39, 0.29) is 0 Å². The molecule has 0 rings (SSSR count). The second kappa shape index (κ2) is 16.5. The van der Waals surface area contributed by atoms with Gasteiger partial charge in [0.05, 0.1) is 0 Å². The number of unbranched alkanes of at least 4 members (excludes halogenated alkanes) is 11. The minimum atomic E-state index is 1.09. The van der Waals surface area contributed by atoms with Gasteiger partial charge in [-0.2, -0.15) is 0 Å². The molecule has 1 radical (unpaired) electrons. The molecule has 0 atom stereocenters. The summed E-state index contributed by atoms with van der Waals surface area (Å²) >= 11 is 0. The Balaban J connectivity index is 3.00. The SMILES string of the molecule is [CH]=CCCCCCCCCC/C=C/CCCCC. The van der Waals surface area contributed by atoms with Crippen molar-refractivity contribution >= 4 is 0 Å². The Hall–Kier alpha value is -0.520. The maximum atomic E-state index is 5.34. The molecule has 0 aromatic heterocycles. The lowest BCUT2D eigenvalue weighted by Gasteiger charge is -2.00. The molecule has 0 aliphatic heterocycles. The summed E-state index contributed by atoms with van der Waals surface area (Å²) in [5.74, 6) is 0. The lowest BCUT2D eigenvalue weighted by molar-refractivity contribution is 0.583. The van der Waals surface area contributed by atoms with E-state index in [0.29, 0.717) is 0 Å². The quantitative estimate of drug-likeness (QED) is 0.239. The Morgan fingerprint density at radius 1 is 0.611 bits per heavy atom. The highest BCUT2D eigenvalue weighted by Crippen LogP contribution is 2.10. The molecule has 0 saturated heterocycles. The van der Waals surface area contributed by atoms with Gasteiger partial charge < -0.3 is 0 Å². The molecule has 0 unspecified atom stereocenters. The summed E-state index contributed by atoms with van der Waals surface area (Å²) in [6.45, 7) is 7.61. The first-order valence-electron chi connectivity index (χ1n) is 8.10. The van der Waals surface area contributed by atoms with Gasteiger partial charge in [0.1, 0.15) is 0 Å². The topological polar surface area (TPSA) is 0 Å². The third kappa shape index (κ3) is 15.5. The van der Waals surface area contributed by atoms with E-state index in [1.165, 1.54) is 77.0 Å². The van der Waals surface area contributed by atoms with Gasteiger partial charge in [-0.05, 0) is 38.5 Å². The minimum Gasteiger partial charge on any atom is -0.0885 e. The van der Waals surface area contributed by atoms with Crippen molar-refractivity contribution in [1.82, 2.24) is 0 Å². The van der Waals surface area contributed by atoms with Crippen molar-refractivity contribution in [3.63, 3.8) is 0 Å². The van der Waals surface area contributed by atoms with E-state index in [2.05, 4.69) is 19.1 Å². The first-order valence-corrected chi connectivity index (χ1v) is 8.10. The summed E-state index contributed by atoms with van der Waals surface area (Å²) < 4.78 is 0. The zero-order valence-corrected chi connectivity index (χ0v) is 12.5. The Kier molecular flexibility index (Phi) is 16.0. The van der Waals surface area contributed by atoms with Crippen molar-refractivity contribution in [2.45, 2.75) is 90.4 Å². The molecule has 0 spiro atoms. The van der Waals surface area contributed by atoms with Crippen LogP contribution in [0, 0.1) is 6.58 Å². The van der Waals surface area contributed by atoms with Gasteiger partial charge >= 0.3 is 0 Å². The average molecular weight is 249 g/mol.